The fraction of sp³-hybridized carbons (Fsp3) is 0.667. The minimum absolute atomic E-state index is 0.331. The summed E-state index contributed by atoms with van der Waals surface area (Å²) in [6.45, 7) is -1.76. The maximum atomic E-state index is 12.3. The van der Waals surface area contributed by atoms with Crippen LogP contribution in [-0.4, -0.2) is 94.3 Å². The lowest BCUT2D eigenvalue weighted by Crippen LogP contribution is -2.59. The summed E-state index contributed by atoms with van der Waals surface area (Å²) in [5.74, 6) is -4.74. The third kappa shape index (κ3) is 10.1. The van der Waals surface area contributed by atoms with Crippen LogP contribution in [0.25, 0.3) is 0 Å². The summed E-state index contributed by atoms with van der Waals surface area (Å²) >= 11 is 1.47. The molecule has 0 aromatic carbocycles. The molecule has 29 heavy (non-hydrogen) atoms. The van der Waals surface area contributed by atoms with Crippen molar-refractivity contribution in [3.05, 3.63) is 0 Å². The molecule has 4 amide bonds. The van der Waals surface area contributed by atoms with E-state index in [9.17, 15) is 29.1 Å². The van der Waals surface area contributed by atoms with E-state index < -0.39 is 73.4 Å². The molecule has 4 atom stereocenters. The first-order valence-corrected chi connectivity index (χ1v) is 9.85. The molecule has 0 aliphatic rings. The average Bonchev–Trinajstić information content (AvgIpc) is 2.66. The molecule has 0 saturated heterocycles. The van der Waals surface area contributed by atoms with Gasteiger partial charge in [-0.25, -0.2) is 4.79 Å². The second-order valence-corrected chi connectivity index (χ2v) is 6.93. The third-order valence-electron chi connectivity index (χ3n) is 3.62. The fourth-order valence-electron chi connectivity index (χ4n) is 1.99. The zero-order valence-electron chi connectivity index (χ0n) is 15.8. The number of carboxylic acid groups (broad SMARTS) is 1. The number of nitrogens with two attached hydrogens (primary N) is 2. The Bertz CT molecular complexity index is 605. The summed E-state index contributed by atoms with van der Waals surface area (Å²) in [5.41, 5.74) is 10.7. The van der Waals surface area contributed by atoms with Gasteiger partial charge in [0.05, 0.1) is 25.7 Å². The van der Waals surface area contributed by atoms with Crippen LogP contribution in [0, 0.1) is 0 Å². The number of aliphatic hydroxyl groups excluding tert-OH is 2. The van der Waals surface area contributed by atoms with Crippen LogP contribution in [0.5, 0.6) is 0 Å². The number of hydrogen-bond acceptors (Lipinski definition) is 9. The van der Waals surface area contributed by atoms with Crippen molar-refractivity contribution in [2.45, 2.75) is 37.0 Å². The van der Waals surface area contributed by atoms with E-state index >= 15 is 0 Å². The molecule has 0 heterocycles. The molecule has 10 N–H and O–H groups in total. The molecule has 0 aromatic rings. The van der Waals surface area contributed by atoms with Gasteiger partial charge in [-0.15, -0.1) is 0 Å². The highest BCUT2D eigenvalue weighted by Crippen LogP contribution is 2.00. The Labute approximate surface area is 170 Å². The maximum absolute atomic E-state index is 12.3. The Balaban J connectivity index is 5.12. The molecular formula is C15H27N5O8S. The van der Waals surface area contributed by atoms with Crippen LogP contribution in [0.2, 0.25) is 0 Å². The number of aliphatic hydroxyl groups is 2. The lowest BCUT2D eigenvalue weighted by atomic mass is 10.1. The van der Waals surface area contributed by atoms with Crippen LogP contribution in [-0.2, 0) is 24.0 Å². The lowest BCUT2D eigenvalue weighted by molar-refractivity contribution is -0.143. The Hall–Kier alpha value is -2.42. The number of amides is 4. The van der Waals surface area contributed by atoms with E-state index in [0.717, 1.165) is 0 Å². The average molecular weight is 437 g/mol. The van der Waals surface area contributed by atoms with Crippen LogP contribution in [0.3, 0.4) is 0 Å². The van der Waals surface area contributed by atoms with Crippen molar-refractivity contribution in [1.29, 1.82) is 0 Å². The second-order valence-electron chi connectivity index (χ2n) is 5.95. The molecule has 0 fully saturated rings. The Morgan fingerprint density at radius 3 is 1.83 bits per heavy atom. The van der Waals surface area contributed by atoms with Gasteiger partial charge in [0.15, 0.2) is 0 Å². The summed E-state index contributed by atoms with van der Waals surface area (Å²) in [4.78, 5) is 58.5. The largest absolute Gasteiger partial charge is 0.480 e. The Morgan fingerprint density at radius 1 is 0.897 bits per heavy atom. The van der Waals surface area contributed by atoms with Gasteiger partial charge >= 0.3 is 5.97 Å². The summed E-state index contributed by atoms with van der Waals surface area (Å²) in [6, 6.07) is -5.66. The zero-order chi connectivity index (χ0) is 22.6. The molecule has 14 heteroatoms. The van der Waals surface area contributed by atoms with Gasteiger partial charge in [0.1, 0.15) is 18.1 Å². The zero-order valence-corrected chi connectivity index (χ0v) is 16.6. The SMILES string of the molecule is CSCCC(N)C(=O)NC(CO)C(=O)NC(CC(N)=O)C(=O)NC(CO)C(=O)O. The molecule has 0 aliphatic carbocycles. The molecule has 4 unspecified atom stereocenters. The van der Waals surface area contributed by atoms with Crippen LogP contribution in [0.15, 0.2) is 0 Å². The van der Waals surface area contributed by atoms with E-state index in [2.05, 4.69) is 10.6 Å². The van der Waals surface area contributed by atoms with Crippen LogP contribution >= 0.6 is 11.8 Å². The number of thioether (sulfide) groups is 1. The fourth-order valence-corrected chi connectivity index (χ4v) is 2.48. The number of hydrogen-bond donors (Lipinski definition) is 8. The number of aliphatic carboxylic acids is 1. The van der Waals surface area contributed by atoms with Crippen molar-refractivity contribution in [1.82, 2.24) is 16.0 Å². The maximum Gasteiger partial charge on any atom is 0.328 e. The molecule has 166 valence electrons. The number of rotatable bonds is 14. The van der Waals surface area contributed by atoms with Gasteiger partial charge in [0, 0.05) is 0 Å². The smallest absolute Gasteiger partial charge is 0.328 e. The topological polar surface area (TPSA) is 234 Å². The van der Waals surface area contributed by atoms with E-state index in [1.807, 2.05) is 11.6 Å². The van der Waals surface area contributed by atoms with Crippen molar-refractivity contribution < 1.29 is 39.3 Å². The number of nitrogens with one attached hydrogen (secondary N) is 3. The summed E-state index contributed by atoms with van der Waals surface area (Å²) in [7, 11) is 0. The molecule has 0 radical (unpaired) electrons. The van der Waals surface area contributed by atoms with Crippen molar-refractivity contribution >= 4 is 41.4 Å². The highest BCUT2D eigenvalue weighted by molar-refractivity contribution is 7.98. The molecule has 0 aliphatic heterocycles. The summed E-state index contributed by atoms with van der Waals surface area (Å²) < 4.78 is 0. The van der Waals surface area contributed by atoms with Crippen molar-refractivity contribution in [2.24, 2.45) is 11.5 Å². The first kappa shape index (κ1) is 26.6. The van der Waals surface area contributed by atoms with Gasteiger partial charge < -0.3 is 42.7 Å². The first-order chi connectivity index (χ1) is 13.6. The van der Waals surface area contributed by atoms with E-state index in [-0.39, 0.29) is 0 Å². The van der Waals surface area contributed by atoms with E-state index in [1.165, 1.54) is 11.8 Å². The van der Waals surface area contributed by atoms with Gasteiger partial charge in [-0.05, 0) is 18.4 Å². The Morgan fingerprint density at radius 2 is 1.38 bits per heavy atom. The first-order valence-electron chi connectivity index (χ1n) is 8.45. The van der Waals surface area contributed by atoms with Crippen molar-refractivity contribution in [3.8, 4) is 0 Å². The standard InChI is InChI=1S/C15H27N5O8S/c1-29-3-2-7(16)12(24)19-9(5-21)14(26)18-8(4-11(17)23)13(25)20-10(6-22)15(27)28/h7-10,21-22H,2-6,16H2,1H3,(H2,17,23)(H,18,26)(H,19,24)(H,20,25)(H,27,28). The number of carbonyl (C=O) groups is 5. The van der Waals surface area contributed by atoms with E-state index in [4.69, 9.17) is 21.7 Å². The van der Waals surface area contributed by atoms with Gasteiger partial charge in [-0.1, -0.05) is 0 Å². The molecule has 0 rings (SSSR count). The van der Waals surface area contributed by atoms with Gasteiger partial charge in [-0.2, -0.15) is 11.8 Å². The molecule has 0 saturated carbocycles. The molecule has 0 bridgehead atoms. The van der Waals surface area contributed by atoms with Crippen molar-refractivity contribution in [3.63, 3.8) is 0 Å². The van der Waals surface area contributed by atoms with Gasteiger partial charge in [-0.3, -0.25) is 19.2 Å². The monoisotopic (exact) mass is 437 g/mol. The number of carbonyl (C=O) groups excluding carboxylic acids is 4. The molecule has 13 nitrogen and oxygen atoms in total. The van der Waals surface area contributed by atoms with Gasteiger partial charge in [0.25, 0.3) is 0 Å². The van der Waals surface area contributed by atoms with Gasteiger partial charge in [0.2, 0.25) is 23.6 Å². The third-order valence-corrected chi connectivity index (χ3v) is 4.26. The minimum atomic E-state index is -1.67. The number of primary amides is 1. The van der Waals surface area contributed by atoms with E-state index in [0.29, 0.717) is 12.2 Å². The second kappa shape index (κ2) is 13.7. The molecular weight excluding hydrogens is 410 g/mol. The highest BCUT2D eigenvalue weighted by atomic mass is 32.2. The van der Waals surface area contributed by atoms with Crippen LogP contribution < -0.4 is 27.4 Å². The quantitative estimate of drug-likeness (QED) is 0.130. The van der Waals surface area contributed by atoms with Crippen LogP contribution in [0.1, 0.15) is 12.8 Å². The highest BCUT2D eigenvalue weighted by Gasteiger charge is 2.30. The predicted molar refractivity (Wildman–Crippen MR) is 102 cm³/mol. The lowest BCUT2D eigenvalue weighted by Gasteiger charge is -2.23. The van der Waals surface area contributed by atoms with Crippen molar-refractivity contribution in [2.75, 3.05) is 25.2 Å². The molecule has 0 aromatic heterocycles. The van der Waals surface area contributed by atoms with E-state index in [1.54, 1.807) is 0 Å². The minimum Gasteiger partial charge on any atom is -0.480 e. The number of carboxylic acids is 1. The predicted octanol–water partition coefficient (Wildman–Crippen LogP) is -4.53. The van der Waals surface area contributed by atoms with Crippen LogP contribution in [0.4, 0.5) is 0 Å². The summed E-state index contributed by atoms with van der Waals surface area (Å²) in [5, 5.41) is 33.5. The normalized spacial score (nSPS) is 14.8. The summed E-state index contributed by atoms with van der Waals surface area (Å²) in [6.07, 6.45) is 1.47. The Kier molecular flexibility index (Phi) is 12.6. The molecule has 0 spiro atoms.